The second-order valence-electron chi connectivity index (χ2n) is 2.15. The van der Waals surface area contributed by atoms with Gasteiger partial charge in [-0.15, -0.1) is 0 Å². The summed E-state index contributed by atoms with van der Waals surface area (Å²) in [4.78, 5) is 7.97. The molecule has 4 nitrogen and oxygen atoms in total. The van der Waals surface area contributed by atoms with Crippen molar-refractivity contribution in [3.63, 3.8) is 0 Å². The topological polar surface area (TPSA) is 43.6 Å². The van der Waals surface area contributed by atoms with E-state index in [9.17, 15) is 0 Å². The minimum Gasteiger partial charge on any atom is -0.236 e. The van der Waals surface area contributed by atoms with E-state index in [1.807, 2.05) is 12.1 Å². The third kappa shape index (κ3) is 1.23. The van der Waals surface area contributed by atoms with Crippen molar-refractivity contribution >= 4 is 15.9 Å². The summed E-state index contributed by atoms with van der Waals surface area (Å²) < 4.78 is 2.50. The molecule has 60 valence electrons. The Balaban J connectivity index is 2.55. The molecule has 2 aromatic heterocycles. The highest BCUT2D eigenvalue weighted by Gasteiger charge is 2.01. The van der Waals surface area contributed by atoms with Crippen LogP contribution < -0.4 is 0 Å². The zero-order valence-corrected chi connectivity index (χ0v) is 7.64. The SMILES string of the molecule is Brc1cccnc1-n1cncn1. The third-order valence-electron chi connectivity index (χ3n) is 1.37. The Morgan fingerprint density at radius 2 is 2.33 bits per heavy atom. The minimum absolute atomic E-state index is 0.745. The maximum atomic E-state index is 4.13. The molecule has 0 saturated heterocycles. The number of aromatic nitrogens is 4. The quantitative estimate of drug-likeness (QED) is 0.737. The van der Waals surface area contributed by atoms with Crippen LogP contribution in [0.5, 0.6) is 0 Å². The van der Waals surface area contributed by atoms with E-state index in [0.29, 0.717) is 0 Å². The molecule has 0 unspecified atom stereocenters. The second kappa shape index (κ2) is 3.02. The number of halogens is 1. The highest BCUT2D eigenvalue weighted by Crippen LogP contribution is 2.15. The molecule has 12 heavy (non-hydrogen) atoms. The summed E-state index contributed by atoms with van der Waals surface area (Å²) in [7, 11) is 0. The van der Waals surface area contributed by atoms with Crippen LogP contribution in [0, 0.1) is 0 Å². The lowest BCUT2D eigenvalue weighted by molar-refractivity contribution is 0.840. The highest BCUT2D eigenvalue weighted by molar-refractivity contribution is 9.10. The molecule has 0 radical (unpaired) electrons. The Labute approximate surface area is 77.4 Å². The van der Waals surface area contributed by atoms with Gasteiger partial charge in [0.25, 0.3) is 0 Å². The standard InChI is InChI=1S/C7H5BrN4/c8-6-2-1-3-10-7(6)12-5-9-4-11-12/h1-5H. The largest absolute Gasteiger partial charge is 0.236 e. The molecule has 0 aliphatic heterocycles. The molecule has 0 N–H and O–H groups in total. The molecule has 0 spiro atoms. The van der Waals surface area contributed by atoms with Gasteiger partial charge in [-0.05, 0) is 28.1 Å². The number of rotatable bonds is 1. The predicted molar refractivity (Wildman–Crippen MR) is 46.9 cm³/mol. The zero-order chi connectivity index (χ0) is 8.39. The minimum atomic E-state index is 0.745. The lowest BCUT2D eigenvalue weighted by atomic mass is 10.5. The van der Waals surface area contributed by atoms with Gasteiger partial charge in [0, 0.05) is 6.20 Å². The van der Waals surface area contributed by atoms with Gasteiger partial charge in [-0.1, -0.05) is 0 Å². The van der Waals surface area contributed by atoms with Crippen LogP contribution >= 0.6 is 15.9 Å². The van der Waals surface area contributed by atoms with E-state index >= 15 is 0 Å². The number of pyridine rings is 1. The van der Waals surface area contributed by atoms with Crippen LogP contribution in [0.2, 0.25) is 0 Å². The average Bonchev–Trinajstić information content (AvgIpc) is 2.57. The van der Waals surface area contributed by atoms with Crippen LogP contribution in [0.25, 0.3) is 5.82 Å². The molecule has 2 heterocycles. The summed E-state index contributed by atoms with van der Waals surface area (Å²) in [5.74, 6) is 0.745. The zero-order valence-electron chi connectivity index (χ0n) is 6.05. The van der Waals surface area contributed by atoms with E-state index in [2.05, 4.69) is 31.0 Å². The van der Waals surface area contributed by atoms with Crippen molar-refractivity contribution in [2.24, 2.45) is 0 Å². The van der Waals surface area contributed by atoms with Crippen molar-refractivity contribution in [2.75, 3.05) is 0 Å². The first-order valence-electron chi connectivity index (χ1n) is 3.33. The molecule has 0 amide bonds. The summed E-state index contributed by atoms with van der Waals surface area (Å²) in [5, 5.41) is 3.96. The van der Waals surface area contributed by atoms with Crippen molar-refractivity contribution in [3.05, 3.63) is 35.5 Å². The molecule has 0 aromatic carbocycles. The van der Waals surface area contributed by atoms with Crippen molar-refractivity contribution in [1.29, 1.82) is 0 Å². The molecular weight excluding hydrogens is 220 g/mol. The molecule has 5 heteroatoms. The van der Waals surface area contributed by atoms with Crippen LogP contribution in [0.3, 0.4) is 0 Å². The van der Waals surface area contributed by atoms with Gasteiger partial charge in [0.05, 0.1) is 4.47 Å². The Kier molecular flexibility index (Phi) is 1.87. The molecule has 0 fully saturated rings. The van der Waals surface area contributed by atoms with Crippen molar-refractivity contribution < 1.29 is 0 Å². The van der Waals surface area contributed by atoms with Crippen LogP contribution in [-0.4, -0.2) is 19.7 Å². The van der Waals surface area contributed by atoms with Gasteiger partial charge in [-0.3, -0.25) is 0 Å². The van der Waals surface area contributed by atoms with Gasteiger partial charge in [-0.2, -0.15) is 5.10 Å². The first-order chi connectivity index (χ1) is 5.88. The van der Waals surface area contributed by atoms with Gasteiger partial charge >= 0.3 is 0 Å². The van der Waals surface area contributed by atoms with Crippen LogP contribution in [0.15, 0.2) is 35.5 Å². The fourth-order valence-electron chi connectivity index (χ4n) is 0.864. The van der Waals surface area contributed by atoms with E-state index in [1.54, 1.807) is 17.2 Å². The molecule has 0 atom stereocenters. The first kappa shape index (κ1) is 7.42. The molecule has 0 bridgehead atoms. The monoisotopic (exact) mass is 224 g/mol. The van der Waals surface area contributed by atoms with Crippen LogP contribution in [-0.2, 0) is 0 Å². The Bertz CT molecular complexity index is 371. The van der Waals surface area contributed by atoms with Gasteiger partial charge < -0.3 is 0 Å². The maximum absolute atomic E-state index is 4.13. The first-order valence-corrected chi connectivity index (χ1v) is 4.13. The normalized spacial score (nSPS) is 10.1. The lowest BCUT2D eigenvalue weighted by Gasteiger charge is -1.99. The fraction of sp³-hybridized carbons (Fsp3) is 0. The van der Waals surface area contributed by atoms with E-state index in [1.165, 1.54) is 6.33 Å². The van der Waals surface area contributed by atoms with E-state index in [-0.39, 0.29) is 0 Å². The molecule has 2 aromatic rings. The summed E-state index contributed by atoms with van der Waals surface area (Å²) in [5.41, 5.74) is 0. The average molecular weight is 225 g/mol. The van der Waals surface area contributed by atoms with Crippen molar-refractivity contribution in [2.45, 2.75) is 0 Å². The van der Waals surface area contributed by atoms with Gasteiger partial charge in [0.2, 0.25) is 0 Å². The van der Waals surface area contributed by atoms with E-state index < -0.39 is 0 Å². The number of hydrogen-bond donors (Lipinski definition) is 0. The second-order valence-corrected chi connectivity index (χ2v) is 3.00. The van der Waals surface area contributed by atoms with Gasteiger partial charge in [0.15, 0.2) is 5.82 Å². The predicted octanol–water partition coefficient (Wildman–Crippen LogP) is 1.42. The van der Waals surface area contributed by atoms with Crippen LogP contribution in [0.4, 0.5) is 0 Å². The molecule has 0 aliphatic rings. The Hall–Kier alpha value is -1.23. The fourth-order valence-corrected chi connectivity index (χ4v) is 1.30. The van der Waals surface area contributed by atoms with E-state index in [0.717, 1.165) is 10.3 Å². The Morgan fingerprint density at radius 3 is 3.00 bits per heavy atom. The molecule has 2 rings (SSSR count). The number of hydrogen-bond acceptors (Lipinski definition) is 3. The van der Waals surface area contributed by atoms with Crippen molar-refractivity contribution in [3.8, 4) is 5.82 Å². The maximum Gasteiger partial charge on any atom is 0.169 e. The summed E-state index contributed by atoms with van der Waals surface area (Å²) in [6.45, 7) is 0. The number of nitrogens with zero attached hydrogens (tertiary/aromatic N) is 4. The van der Waals surface area contributed by atoms with Gasteiger partial charge in [0.1, 0.15) is 12.7 Å². The Morgan fingerprint density at radius 1 is 1.42 bits per heavy atom. The molecule has 0 saturated carbocycles. The summed E-state index contributed by atoms with van der Waals surface area (Å²) in [6, 6.07) is 3.76. The molecular formula is C7H5BrN4. The third-order valence-corrected chi connectivity index (χ3v) is 1.99. The highest BCUT2D eigenvalue weighted by atomic mass is 79.9. The van der Waals surface area contributed by atoms with E-state index in [4.69, 9.17) is 0 Å². The lowest BCUT2D eigenvalue weighted by Crippen LogP contribution is -1.97. The summed E-state index contributed by atoms with van der Waals surface area (Å²) in [6.07, 6.45) is 4.79. The van der Waals surface area contributed by atoms with Crippen molar-refractivity contribution in [1.82, 2.24) is 19.7 Å². The summed E-state index contributed by atoms with van der Waals surface area (Å²) >= 11 is 3.37. The molecule has 0 aliphatic carbocycles. The van der Waals surface area contributed by atoms with Gasteiger partial charge in [-0.25, -0.2) is 14.6 Å². The van der Waals surface area contributed by atoms with Crippen LogP contribution in [0.1, 0.15) is 0 Å². The smallest absolute Gasteiger partial charge is 0.169 e.